The monoisotopic (exact) mass is 474 g/mol. The van der Waals surface area contributed by atoms with E-state index in [1.807, 2.05) is 17.5 Å². The number of thiophene rings is 1. The highest BCUT2D eigenvalue weighted by molar-refractivity contribution is 14.0. The molecule has 0 atom stereocenters. The van der Waals surface area contributed by atoms with Gasteiger partial charge in [-0.15, -0.1) is 35.3 Å². The van der Waals surface area contributed by atoms with Crippen LogP contribution in [0, 0.1) is 5.41 Å². The van der Waals surface area contributed by atoms with E-state index in [9.17, 15) is 0 Å². The second-order valence-electron chi connectivity index (χ2n) is 7.32. The number of likely N-dealkylation sites (tertiary alicyclic amines) is 1. The van der Waals surface area contributed by atoms with E-state index in [1.165, 1.54) is 0 Å². The Bertz CT molecular complexity index is 721. The molecular weight excluding hydrogens is 447 g/mol. The minimum Gasteiger partial charge on any atom is -0.443 e. The fraction of sp³-hybridized carbons (Fsp3) is 0.556. The van der Waals surface area contributed by atoms with Crippen molar-refractivity contribution < 1.29 is 4.42 Å². The molecule has 5 nitrogen and oxygen atoms in total. The first-order valence-corrected chi connectivity index (χ1v) is 9.27. The van der Waals surface area contributed by atoms with Crippen LogP contribution < -0.4 is 5.32 Å². The van der Waals surface area contributed by atoms with Gasteiger partial charge in [0, 0.05) is 24.0 Å². The van der Waals surface area contributed by atoms with Gasteiger partial charge in [-0.25, -0.2) is 9.98 Å². The van der Waals surface area contributed by atoms with Gasteiger partial charge in [0.2, 0.25) is 5.89 Å². The summed E-state index contributed by atoms with van der Waals surface area (Å²) in [6.07, 6.45) is 1.70. The van der Waals surface area contributed by atoms with Gasteiger partial charge in [-0.2, -0.15) is 0 Å². The standard InChI is InChI=1S/C18H26N4OS.HI/c1-6-19-16(22-12-17(2,3)18(22,4)5)20-10-13-11-23-15(21-13)14-8-7-9-24-14;/h7-9,11H,6,10,12H2,1-5H3,(H,19,20);1H. The molecule has 1 saturated heterocycles. The summed E-state index contributed by atoms with van der Waals surface area (Å²) < 4.78 is 5.57. The molecule has 0 bridgehead atoms. The number of nitrogens with zero attached hydrogens (tertiary/aromatic N) is 3. The molecule has 1 aliphatic heterocycles. The van der Waals surface area contributed by atoms with Crippen LogP contribution >= 0.6 is 35.3 Å². The minimum atomic E-state index is 0. The van der Waals surface area contributed by atoms with Crippen molar-refractivity contribution in [2.75, 3.05) is 13.1 Å². The SMILES string of the molecule is CCNC(=NCc1coc(-c2cccs2)n1)N1CC(C)(C)C1(C)C.I. The van der Waals surface area contributed by atoms with E-state index in [0.717, 1.165) is 29.6 Å². The van der Waals surface area contributed by atoms with Crippen molar-refractivity contribution in [2.24, 2.45) is 10.4 Å². The van der Waals surface area contributed by atoms with E-state index in [4.69, 9.17) is 9.41 Å². The van der Waals surface area contributed by atoms with Gasteiger partial charge in [-0.1, -0.05) is 19.9 Å². The number of oxazole rings is 1. The molecule has 2 aromatic rings. The molecule has 25 heavy (non-hydrogen) atoms. The topological polar surface area (TPSA) is 53.7 Å². The van der Waals surface area contributed by atoms with Crippen LogP contribution in [0.4, 0.5) is 0 Å². The molecular formula is C18H27IN4OS. The smallest absolute Gasteiger partial charge is 0.236 e. The van der Waals surface area contributed by atoms with E-state index in [0.29, 0.717) is 12.4 Å². The van der Waals surface area contributed by atoms with Crippen LogP contribution in [0.3, 0.4) is 0 Å². The highest BCUT2D eigenvalue weighted by Gasteiger charge is 2.53. The maximum Gasteiger partial charge on any atom is 0.236 e. The first-order chi connectivity index (χ1) is 11.3. The fourth-order valence-electron chi connectivity index (χ4n) is 2.84. The number of guanidine groups is 1. The molecule has 0 radical (unpaired) electrons. The van der Waals surface area contributed by atoms with E-state index in [2.05, 4.69) is 49.8 Å². The van der Waals surface area contributed by atoms with Crippen molar-refractivity contribution in [3.8, 4) is 10.8 Å². The number of hydrogen-bond donors (Lipinski definition) is 1. The molecule has 0 saturated carbocycles. The van der Waals surface area contributed by atoms with Gasteiger partial charge >= 0.3 is 0 Å². The van der Waals surface area contributed by atoms with E-state index < -0.39 is 0 Å². The normalized spacial score (nSPS) is 18.4. The maximum atomic E-state index is 5.57. The average Bonchev–Trinajstić information content (AvgIpc) is 3.20. The molecule has 0 amide bonds. The number of aromatic nitrogens is 1. The Morgan fingerprint density at radius 1 is 1.40 bits per heavy atom. The fourth-order valence-corrected chi connectivity index (χ4v) is 3.50. The molecule has 2 aromatic heterocycles. The number of hydrogen-bond acceptors (Lipinski definition) is 4. The maximum absolute atomic E-state index is 5.57. The number of nitrogens with one attached hydrogen (secondary N) is 1. The molecule has 0 aromatic carbocycles. The Hall–Kier alpha value is -1.09. The Kier molecular flexibility index (Phi) is 6.19. The van der Waals surface area contributed by atoms with Crippen LogP contribution in [-0.4, -0.2) is 34.5 Å². The van der Waals surface area contributed by atoms with Gasteiger partial charge < -0.3 is 14.6 Å². The Labute approximate surface area is 171 Å². The van der Waals surface area contributed by atoms with Crippen molar-refractivity contribution >= 4 is 41.3 Å². The lowest BCUT2D eigenvalue weighted by molar-refractivity contribution is -0.0667. The van der Waals surface area contributed by atoms with Gasteiger partial charge in [-0.05, 0) is 32.2 Å². The highest BCUT2D eigenvalue weighted by Crippen LogP contribution is 2.46. The third kappa shape index (κ3) is 3.86. The molecule has 1 aliphatic rings. The molecule has 0 aliphatic carbocycles. The van der Waals surface area contributed by atoms with Crippen LogP contribution in [0.1, 0.15) is 40.3 Å². The summed E-state index contributed by atoms with van der Waals surface area (Å²) in [6, 6.07) is 4.01. The lowest BCUT2D eigenvalue weighted by atomic mass is 9.65. The van der Waals surface area contributed by atoms with Gasteiger partial charge in [0.05, 0.1) is 11.4 Å². The van der Waals surface area contributed by atoms with Crippen molar-refractivity contribution in [3.05, 3.63) is 29.5 Å². The summed E-state index contributed by atoms with van der Waals surface area (Å²) in [5.41, 5.74) is 1.22. The Morgan fingerprint density at radius 3 is 2.72 bits per heavy atom. The summed E-state index contributed by atoms with van der Waals surface area (Å²) in [6.45, 7) is 13.6. The molecule has 138 valence electrons. The third-order valence-electron chi connectivity index (χ3n) is 5.15. The molecule has 3 heterocycles. The van der Waals surface area contributed by atoms with Crippen molar-refractivity contribution in [1.82, 2.24) is 15.2 Å². The molecule has 1 fully saturated rings. The second kappa shape index (κ2) is 7.65. The Morgan fingerprint density at radius 2 is 2.16 bits per heavy atom. The quantitative estimate of drug-likeness (QED) is 0.400. The van der Waals surface area contributed by atoms with Gasteiger partial charge in [-0.3, -0.25) is 0 Å². The van der Waals surface area contributed by atoms with E-state index >= 15 is 0 Å². The van der Waals surface area contributed by atoms with Crippen LogP contribution in [-0.2, 0) is 6.54 Å². The summed E-state index contributed by atoms with van der Waals surface area (Å²) in [5.74, 6) is 1.62. The lowest BCUT2D eigenvalue weighted by Crippen LogP contribution is -2.72. The first-order valence-electron chi connectivity index (χ1n) is 8.39. The zero-order valence-electron chi connectivity index (χ0n) is 15.5. The molecule has 7 heteroatoms. The van der Waals surface area contributed by atoms with Crippen molar-refractivity contribution in [1.29, 1.82) is 0 Å². The predicted octanol–water partition coefficient (Wildman–Crippen LogP) is 4.61. The second-order valence-corrected chi connectivity index (χ2v) is 8.27. The lowest BCUT2D eigenvalue weighted by Gasteiger charge is -2.62. The van der Waals surface area contributed by atoms with Crippen molar-refractivity contribution in [2.45, 2.75) is 46.7 Å². The summed E-state index contributed by atoms with van der Waals surface area (Å²) in [4.78, 5) is 12.7. The summed E-state index contributed by atoms with van der Waals surface area (Å²) in [5, 5.41) is 5.42. The highest BCUT2D eigenvalue weighted by atomic mass is 127. The van der Waals surface area contributed by atoms with Crippen LogP contribution in [0.25, 0.3) is 10.8 Å². The molecule has 3 rings (SSSR count). The van der Waals surface area contributed by atoms with E-state index in [-0.39, 0.29) is 34.9 Å². The number of aliphatic imine (C=N–C) groups is 1. The molecule has 1 N–H and O–H groups in total. The predicted molar refractivity (Wildman–Crippen MR) is 115 cm³/mol. The zero-order valence-corrected chi connectivity index (χ0v) is 18.6. The van der Waals surface area contributed by atoms with Crippen molar-refractivity contribution in [3.63, 3.8) is 0 Å². The third-order valence-corrected chi connectivity index (χ3v) is 6.01. The van der Waals surface area contributed by atoms with Gasteiger partial charge in [0.1, 0.15) is 12.0 Å². The zero-order chi connectivity index (χ0) is 17.4. The number of halogens is 1. The van der Waals surface area contributed by atoms with Gasteiger partial charge in [0.25, 0.3) is 0 Å². The average molecular weight is 474 g/mol. The van der Waals surface area contributed by atoms with Crippen LogP contribution in [0.5, 0.6) is 0 Å². The summed E-state index contributed by atoms with van der Waals surface area (Å²) in [7, 11) is 0. The molecule has 0 unspecified atom stereocenters. The molecule has 0 spiro atoms. The van der Waals surface area contributed by atoms with Crippen LogP contribution in [0.2, 0.25) is 0 Å². The minimum absolute atomic E-state index is 0. The van der Waals surface area contributed by atoms with Gasteiger partial charge in [0.15, 0.2) is 5.96 Å². The first kappa shape index (κ1) is 20.2. The number of rotatable bonds is 4. The van der Waals surface area contributed by atoms with Crippen LogP contribution in [0.15, 0.2) is 33.2 Å². The summed E-state index contributed by atoms with van der Waals surface area (Å²) >= 11 is 1.63. The largest absolute Gasteiger partial charge is 0.443 e. The van der Waals surface area contributed by atoms with E-state index in [1.54, 1.807) is 17.6 Å². The Balaban J connectivity index is 0.00000225.